The van der Waals surface area contributed by atoms with Crippen molar-refractivity contribution in [3.8, 4) is 22.6 Å². The van der Waals surface area contributed by atoms with Crippen molar-refractivity contribution in [1.29, 1.82) is 0 Å². The number of ether oxygens (including phenoxy) is 2. The molecule has 1 heterocycles. The number of pyridine rings is 1. The Morgan fingerprint density at radius 3 is 2.58 bits per heavy atom. The normalized spacial score (nSPS) is 10.8. The Kier molecular flexibility index (Phi) is 5.14. The molecule has 5 heteroatoms. The predicted molar refractivity (Wildman–Crippen MR) is 104 cm³/mol. The lowest BCUT2D eigenvalue weighted by molar-refractivity contribution is -0.133. The smallest absolute Gasteiger partial charge is 0.310 e. The minimum absolute atomic E-state index is 0.278. The molecule has 0 saturated carbocycles. The number of halogens is 1. The van der Waals surface area contributed by atoms with Crippen LogP contribution in [-0.2, 0) is 4.79 Å². The maximum Gasteiger partial charge on any atom is 0.310 e. The van der Waals surface area contributed by atoms with E-state index in [4.69, 9.17) is 26.1 Å². The molecule has 26 heavy (non-hydrogen) atoms. The summed E-state index contributed by atoms with van der Waals surface area (Å²) in [6.45, 7) is 5.69. The largest absolute Gasteiger partial charge is 0.495 e. The van der Waals surface area contributed by atoms with Crippen LogP contribution in [0.2, 0.25) is 5.02 Å². The van der Waals surface area contributed by atoms with Gasteiger partial charge in [-0.25, -0.2) is 0 Å². The number of aromatic nitrogens is 1. The molecule has 0 N–H and O–H groups in total. The first-order chi connectivity index (χ1) is 12.5. The number of benzene rings is 2. The summed E-state index contributed by atoms with van der Waals surface area (Å²) in [5.41, 5.74) is 4.30. The van der Waals surface area contributed by atoms with Crippen LogP contribution in [0, 0.1) is 13.8 Å². The van der Waals surface area contributed by atoms with Crippen LogP contribution in [-0.4, -0.2) is 18.1 Å². The Labute approximate surface area is 157 Å². The van der Waals surface area contributed by atoms with Gasteiger partial charge < -0.3 is 9.47 Å². The number of nitrogens with zero attached hydrogens (tertiary/aromatic N) is 1. The summed E-state index contributed by atoms with van der Waals surface area (Å²) in [5.74, 6) is 0.708. The van der Waals surface area contributed by atoms with E-state index in [1.165, 1.54) is 0 Å². The Bertz CT molecular complexity index is 998. The summed E-state index contributed by atoms with van der Waals surface area (Å²) in [7, 11) is 1.56. The third-order valence-electron chi connectivity index (χ3n) is 4.31. The first kappa shape index (κ1) is 18.2. The van der Waals surface area contributed by atoms with Crippen molar-refractivity contribution in [3.05, 3.63) is 52.7 Å². The van der Waals surface area contributed by atoms with Crippen molar-refractivity contribution in [2.75, 3.05) is 7.11 Å². The highest BCUT2D eigenvalue weighted by molar-refractivity contribution is 6.33. The Balaban J connectivity index is 2.39. The maximum absolute atomic E-state index is 12.1. The van der Waals surface area contributed by atoms with Gasteiger partial charge in [-0.1, -0.05) is 42.8 Å². The van der Waals surface area contributed by atoms with Crippen molar-refractivity contribution >= 4 is 28.5 Å². The Hall–Kier alpha value is -2.59. The molecular weight excluding hydrogens is 350 g/mol. The van der Waals surface area contributed by atoms with Crippen LogP contribution in [0.5, 0.6) is 11.5 Å². The van der Waals surface area contributed by atoms with E-state index in [0.717, 1.165) is 22.4 Å². The van der Waals surface area contributed by atoms with Crippen molar-refractivity contribution < 1.29 is 14.3 Å². The lowest BCUT2D eigenvalue weighted by atomic mass is 9.96. The van der Waals surface area contributed by atoms with Gasteiger partial charge in [-0.05, 0) is 31.0 Å². The van der Waals surface area contributed by atoms with E-state index in [-0.39, 0.29) is 12.4 Å². The zero-order valence-corrected chi connectivity index (χ0v) is 16.0. The molecule has 0 bridgehead atoms. The first-order valence-electron chi connectivity index (χ1n) is 8.40. The summed E-state index contributed by atoms with van der Waals surface area (Å²) in [6, 6.07) is 11.4. The van der Waals surface area contributed by atoms with Crippen molar-refractivity contribution in [1.82, 2.24) is 4.98 Å². The third kappa shape index (κ3) is 3.25. The summed E-state index contributed by atoms with van der Waals surface area (Å²) < 4.78 is 11.0. The molecule has 0 unspecified atom stereocenters. The fourth-order valence-corrected chi connectivity index (χ4v) is 3.21. The van der Waals surface area contributed by atoms with Crippen LogP contribution in [0.25, 0.3) is 22.0 Å². The topological polar surface area (TPSA) is 48.4 Å². The van der Waals surface area contributed by atoms with E-state index in [0.29, 0.717) is 27.4 Å². The fraction of sp³-hybridized carbons (Fsp3) is 0.238. The number of hydrogen-bond acceptors (Lipinski definition) is 4. The zero-order chi connectivity index (χ0) is 18.8. The highest BCUT2D eigenvalue weighted by Crippen LogP contribution is 2.42. The van der Waals surface area contributed by atoms with Gasteiger partial charge in [0.05, 0.1) is 17.6 Å². The van der Waals surface area contributed by atoms with E-state index in [1.807, 2.05) is 38.1 Å². The Morgan fingerprint density at radius 1 is 1.19 bits per heavy atom. The second kappa shape index (κ2) is 7.34. The minimum atomic E-state index is -0.307. The lowest BCUT2D eigenvalue weighted by Gasteiger charge is -2.17. The molecule has 0 aliphatic heterocycles. The molecule has 3 aromatic rings. The van der Waals surface area contributed by atoms with Gasteiger partial charge in [-0.2, -0.15) is 0 Å². The maximum atomic E-state index is 12.1. The number of aryl methyl sites for hydroxylation is 2. The van der Waals surface area contributed by atoms with Gasteiger partial charge in [0.1, 0.15) is 11.5 Å². The second-order valence-electron chi connectivity index (χ2n) is 6.05. The van der Waals surface area contributed by atoms with Crippen molar-refractivity contribution in [3.63, 3.8) is 0 Å². The molecule has 3 rings (SSSR count). The molecule has 0 atom stereocenters. The van der Waals surface area contributed by atoms with E-state index in [1.54, 1.807) is 26.2 Å². The molecule has 1 aromatic heterocycles. The van der Waals surface area contributed by atoms with Crippen LogP contribution in [0.15, 0.2) is 36.4 Å². The van der Waals surface area contributed by atoms with Gasteiger partial charge >= 0.3 is 5.97 Å². The monoisotopic (exact) mass is 369 g/mol. The quantitative estimate of drug-likeness (QED) is 0.570. The molecule has 0 amide bonds. The summed E-state index contributed by atoms with van der Waals surface area (Å²) in [4.78, 5) is 16.8. The van der Waals surface area contributed by atoms with Gasteiger partial charge in [0, 0.05) is 29.1 Å². The molecule has 0 spiro atoms. The summed E-state index contributed by atoms with van der Waals surface area (Å²) in [5, 5.41) is 1.12. The Morgan fingerprint density at radius 2 is 1.92 bits per heavy atom. The number of fused-ring (bicyclic) bond motifs is 1. The second-order valence-corrected chi connectivity index (χ2v) is 6.45. The summed E-state index contributed by atoms with van der Waals surface area (Å²) >= 11 is 6.32. The number of esters is 1. The molecule has 2 aromatic carbocycles. The highest BCUT2D eigenvalue weighted by atomic mass is 35.5. The van der Waals surface area contributed by atoms with Crippen LogP contribution in [0.1, 0.15) is 24.6 Å². The van der Waals surface area contributed by atoms with E-state index >= 15 is 0 Å². The summed E-state index contributed by atoms with van der Waals surface area (Å²) in [6.07, 6.45) is 0.278. The van der Waals surface area contributed by atoms with Crippen LogP contribution < -0.4 is 9.47 Å². The molecule has 0 radical (unpaired) electrons. The predicted octanol–water partition coefficient (Wildman–Crippen LogP) is 5.50. The molecule has 134 valence electrons. The third-order valence-corrected chi connectivity index (χ3v) is 4.61. The number of carbonyl (C=O) groups is 1. The van der Waals surface area contributed by atoms with Crippen molar-refractivity contribution in [2.24, 2.45) is 0 Å². The molecule has 0 aliphatic rings. The van der Waals surface area contributed by atoms with Crippen LogP contribution in [0.4, 0.5) is 0 Å². The molecule has 0 fully saturated rings. The number of rotatable bonds is 4. The van der Waals surface area contributed by atoms with Gasteiger partial charge in [0.2, 0.25) is 0 Å². The van der Waals surface area contributed by atoms with E-state index in [2.05, 4.69) is 0 Å². The number of methoxy groups -OCH3 is 1. The van der Waals surface area contributed by atoms with E-state index in [9.17, 15) is 4.79 Å². The molecular formula is C21H20ClNO3. The van der Waals surface area contributed by atoms with Crippen LogP contribution in [0.3, 0.4) is 0 Å². The number of hydrogen-bond donors (Lipinski definition) is 0. The lowest BCUT2D eigenvalue weighted by Crippen LogP contribution is -2.09. The first-order valence-corrected chi connectivity index (χ1v) is 8.78. The standard InChI is InChI=1S/C21H20ClNO3/c1-5-19(24)26-21-15-10-16(22)18(25-4)11-17(15)23-13(3)20(21)14-9-7-6-8-12(14)2/h6-11H,5H2,1-4H3. The van der Waals surface area contributed by atoms with Gasteiger partial charge in [0.25, 0.3) is 0 Å². The average Bonchev–Trinajstić information content (AvgIpc) is 2.63. The minimum Gasteiger partial charge on any atom is -0.495 e. The highest BCUT2D eigenvalue weighted by Gasteiger charge is 2.20. The molecule has 0 aliphatic carbocycles. The average molecular weight is 370 g/mol. The zero-order valence-electron chi connectivity index (χ0n) is 15.2. The molecule has 0 saturated heterocycles. The van der Waals surface area contributed by atoms with Gasteiger partial charge in [-0.3, -0.25) is 9.78 Å². The number of carbonyl (C=O) groups excluding carboxylic acids is 1. The van der Waals surface area contributed by atoms with Gasteiger partial charge in [0.15, 0.2) is 0 Å². The van der Waals surface area contributed by atoms with Gasteiger partial charge in [-0.15, -0.1) is 0 Å². The molecule has 4 nitrogen and oxygen atoms in total. The fourth-order valence-electron chi connectivity index (χ4n) is 2.97. The van der Waals surface area contributed by atoms with Crippen LogP contribution >= 0.6 is 11.6 Å². The van der Waals surface area contributed by atoms with Crippen molar-refractivity contribution in [2.45, 2.75) is 27.2 Å². The van der Waals surface area contributed by atoms with E-state index < -0.39 is 0 Å². The SMILES string of the molecule is CCC(=O)Oc1c(-c2ccccc2C)c(C)nc2cc(OC)c(Cl)cc12.